The van der Waals surface area contributed by atoms with Gasteiger partial charge in [0.25, 0.3) is 0 Å². The van der Waals surface area contributed by atoms with Crippen LogP contribution < -0.4 is 16.0 Å². The number of nitrogens with zero attached hydrogens (tertiary/aromatic N) is 9. The molecule has 0 aromatic heterocycles. The summed E-state index contributed by atoms with van der Waals surface area (Å²) in [5, 5.41) is 10.0. The number of allylic oxidation sites excluding steroid dienone is 3. The summed E-state index contributed by atoms with van der Waals surface area (Å²) in [5.41, 5.74) is 3.74. The molecular formula is C38H60N12. The largest absolute Gasteiger partial charge is 0.388 e. The lowest BCUT2D eigenvalue weighted by molar-refractivity contribution is 0.602. The van der Waals surface area contributed by atoms with Crippen LogP contribution in [0.3, 0.4) is 0 Å². The third kappa shape index (κ3) is 22.3. The van der Waals surface area contributed by atoms with Crippen LogP contribution in [0.4, 0.5) is 0 Å². The van der Waals surface area contributed by atoms with Crippen molar-refractivity contribution in [3.05, 3.63) is 35.3 Å². The lowest BCUT2D eigenvalue weighted by Gasteiger charge is -2.03. The first-order valence-electron chi connectivity index (χ1n) is 18.7. The molecule has 0 radical (unpaired) electrons. The highest BCUT2D eigenvalue weighted by Gasteiger charge is 1.97. The summed E-state index contributed by atoms with van der Waals surface area (Å²) in [6, 6.07) is 0. The smallest absolute Gasteiger partial charge is 0.0930 e. The minimum atomic E-state index is 0.613. The molecule has 272 valence electrons. The van der Waals surface area contributed by atoms with Crippen molar-refractivity contribution in [2.45, 2.75) is 70.6 Å². The van der Waals surface area contributed by atoms with E-state index in [9.17, 15) is 0 Å². The number of nitrogens with one attached hydrogen (secondary N) is 3. The van der Waals surface area contributed by atoms with Crippen molar-refractivity contribution in [3.63, 3.8) is 0 Å². The van der Waals surface area contributed by atoms with E-state index < -0.39 is 0 Å². The van der Waals surface area contributed by atoms with E-state index in [2.05, 4.69) is 55.9 Å². The van der Waals surface area contributed by atoms with Gasteiger partial charge in [0.2, 0.25) is 0 Å². The Bertz CT molecular complexity index is 1270. The van der Waals surface area contributed by atoms with Crippen LogP contribution in [0.2, 0.25) is 0 Å². The summed E-state index contributed by atoms with van der Waals surface area (Å²) in [6.45, 7) is 8.68. The van der Waals surface area contributed by atoms with Crippen molar-refractivity contribution in [3.8, 4) is 0 Å². The summed E-state index contributed by atoms with van der Waals surface area (Å²) in [7, 11) is 0. The Balaban J connectivity index is 1.57. The second kappa shape index (κ2) is 29.6. The first kappa shape index (κ1) is 40.1. The molecular weight excluding hydrogens is 625 g/mol. The lowest BCUT2D eigenvalue weighted by atomic mass is 10.1. The standard InChI is InChI=1S/C38H60N12/c1-2-7-11-15-50-38-33-48-22-20-46-31-37(32-47-21-23-49-34-38)26-41-14-10-6-3-5-9-13-40-25-36-29-44-18-16-42-27-35(24-39-12-8-4-1)28-43-17-19-45-30-36/h24-34,42,45-46H,1-23H2/b35-27-,36-30-,37-31-,39-24?,40-25?,41-26?,43-28?,44-29?,47-32?,48-33?,49-34?,50-38?. The third-order valence-electron chi connectivity index (χ3n) is 7.77. The van der Waals surface area contributed by atoms with Crippen LogP contribution in [0.25, 0.3) is 0 Å². The molecule has 0 saturated carbocycles. The average Bonchev–Trinajstić information content (AvgIpc) is 3.12. The molecule has 3 N–H and O–H groups in total. The maximum atomic E-state index is 4.76. The molecule has 6 heterocycles. The van der Waals surface area contributed by atoms with Gasteiger partial charge >= 0.3 is 0 Å². The van der Waals surface area contributed by atoms with E-state index in [1.807, 2.05) is 68.3 Å². The summed E-state index contributed by atoms with van der Waals surface area (Å²) in [4.78, 5) is 41.6. The van der Waals surface area contributed by atoms with Crippen LogP contribution >= 0.6 is 0 Å². The zero-order valence-electron chi connectivity index (χ0n) is 30.1. The van der Waals surface area contributed by atoms with Crippen molar-refractivity contribution in [2.75, 3.05) is 78.5 Å². The highest BCUT2D eigenvalue weighted by atomic mass is 14.9. The van der Waals surface area contributed by atoms with E-state index >= 15 is 0 Å². The number of aliphatic imine (C=N–C) groups is 9. The second-order valence-electron chi connectivity index (χ2n) is 12.3. The van der Waals surface area contributed by atoms with Crippen LogP contribution in [0.5, 0.6) is 0 Å². The second-order valence-corrected chi connectivity index (χ2v) is 12.3. The fourth-order valence-electron chi connectivity index (χ4n) is 5.01. The van der Waals surface area contributed by atoms with E-state index in [1.54, 1.807) is 0 Å². The topological polar surface area (TPSA) is 147 Å². The van der Waals surface area contributed by atoms with Crippen LogP contribution in [0.15, 0.2) is 80.3 Å². The van der Waals surface area contributed by atoms with E-state index in [0.717, 1.165) is 107 Å². The SMILES string of the molecule is C1=NCCCCCCCCN=C2C=NCCN=C/C(=C\NCCN=C2)C=NCCCCCCCN=C/C2=C/NCCN=C/C1=C\NCCN=C2. The van der Waals surface area contributed by atoms with Crippen molar-refractivity contribution in [1.82, 2.24) is 16.0 Å². The van der Waals surface area contributed by atoms with Gasteiger partial charge in [0.05, 0.1) is 38.4 Å². The van der Waals surface area contributed by atoms with E-state index in [1.165, 1.54) is 32.1 Å². The van der Waals surface area contributed by atoms with E-state index in [-0.39, 0.29) is 0 Å². The normalized spacial score (nSPS) is 24.4. The van der Waals surface area contributed by atoms with Gasteiger partial charge in [-0.1, -0.05) is 44.9 Å². The van der Waals surface area contributed by atoms with Crippen LogP contribution in [-0.4, -0.2) is 134 Å². The van der Waals surface area contributed by atoms with Crippen molar-refractivity contribution in [2.24, 2.45) is 44.9 Å². The molecule has 6 aliphatic rings. The van der Waals surface area contributed by atoms with Gasteiger partial charge in [0.15, 0.2) is 0 Å². The van der Waals surface area contributed by atoms with Gasteiger partial charge in [0.1, 0.15) is 0 Å². The first-order chi connectivity index (χ1) is 24.9. The average molecular weight is 685 g/mol. The van der Waals surface area contributed by atoms with Crippen LogP contribution in [0, 0.1) is 0 Å². The lowest BCUT2D eigenvalue weighted by Crippen LogP contribution is -2.15. The summed E-state index contributed by atoms with van der Waals surface area (Å²) in [5.74, 6) is 0. The highest BCUT2D eigenvalue weighted by molar-refractivity contribution is 6.55. The van der Waals surface area contributed by atoms with Crippen LogP contribution in [0.1, 0.15) is 70.6 Å². The van der Waals surface area contributed by atoms with Gasteiger partial charge in [-0.15, -0.1) is 0 Å². The van der Waals surface area contributed by atoms with E-state index in [0.29, 0.717) is 32.7 Å². The molecule has 12 heteroatoms. The maximum Gasteiger partial charge on any atom is 0.0930 e. The molecule has 6 aliphatic heterocycles. The van der Waals surface area contributed by atoms with Gasteiger partial charge in [-0.25, -0.2) is 0 Å². The minimum absolute atomic E-state index is 0.613. The van der Waals surface area contributed by atoms with Crippen LogP contribution in [-0.2, 0) is 0 Å². The fraction of sp³-hybridized carbons (Fsp3) is 0.605. The zero-order valence-corrected chi connectivity index (χ0v) is 30.1. The van der Waals surface area contributed by atoms with Gasteiger partial charge in [0, 0.05) is 131 Å². The van der Waals surface area contributed by atoms with Crippen molar-refractivity contribution >= 4 is 55.4 Å². The number of hydrogen-bond donors (Lipinski definition) is 3. The molecule has 4 bridgehead atoms. The molecule has 12 nitrogen and oxygen atoms in total. The van der Waals surface area contributed by atoms with Gasteiger partial charge in [-0.05, 0) is 25.7 Å². The predicted octanol–water partition coefficient (Wildman–Crippen LogP) is 4.75. The Morgan fingerprint density at radius 3 is 1.02 bits per heavy atom. The Hall–Kier alpha value is -4.35. The molecule has 0 unspecified atom stereocenters. The molecule has 0 aromatic carbocycles. The third-order valence-corrected chi connectivity index (χ3v) is 7.77. The molecule has 0 spiro atoms. The molecule has 0 saturated heterocycles. The predicted molar refractivity (Wildman–Crippen MR) is 218 cm³/mol. The monoisotopic (exact) mass is 685 g/mol. The van der Waals surface area contributed by atoms with Crippen molar-refractivity contribution in [1.29, 1.82) is 0 Å². The van der Waals surface area contributed by atoms with Crippen molar-refractivity contribution < 1.29 is 0 Å². The number of hydrogen-bond acceptors (Lipinski definition) is 12. The first-order valence-corrected chi connectivity index (χ1v) is 18.7. The molecule has 0 atom stereocenters. The summed E-state index contributed by atoms with van der Waals surface area (Å²) < 4.78 is 0. The quantitative estimate of drug-likeness (QED) is 0.339. The summed E-state index contributed by atoms with van der Waals surface area (Å²) >= 11 is 0. The molecule has 0 amide bonds. The molecule has 6 rings (SSSR count). The molecule has 0 fully saturated rings. The Morgan fingerprint density at radius 2 is 0.600 bits per heavy atom. The minimum Gasteiger partial charge on any atom is -0.388 e. The highest BCUT2D eigenvalue weighted by Crippen LogP contribution is 2.06. The Kier molecular flexibility index (Phi) is 23.7. The molecule has 0 aliphatic carbocycles. The van der Waals surface area contributed by atoms with Gasteiger partial charge in [-0.3, -0.25) is 44.9 Å². The Labute approximate surface area is 300 Å². The Morgan fingerprint density at radius 1 is 0.300 bits per heavy atom. The fourth-order valence-corrected chi connectivity index (χ4v) is 5.01. The van der Waals surface area contributed by atoms with Gasteiger partial charge < -0.3 is 16.0 Å². The number of rotatable bonds is 0. The van der Waals surface area contributed by atoms with E-state index in [4.69, 9.17) is 4.99 Å². The zero-order chi connectivity index (χ0) is 34.8. The molecule has 0 aromatic rings. The molecule has 50 heavy (non-hydrogen) atoms. The summed E-state index contributed by atoms with van der Waals surface area (Å²) in [6.07, 6.45) is 33.6. The van der Waals surface area contributed by atoms with Gasteiger partial charge in [-0.2, -0.15) is 0 Å². The maximum absolute atomic E-state index is 4.76.